The molecular weight excluding hydrogens is 360 g/mol. The molecule has 1 unspecified atom stereocenters. The van der Waals surface area contributed by atoms with E-state index in [1.165, 1.54) is 27.6 Å². The van der Waals surface area contributed by atoms with Gasteiger partial charge in [0.2, 0.25) is 0 Å². The summed E-state index contributed by atoms with van der Waals surface area (Å²) >= 11 is 0. The first-order valence-corrected chi connectivity index (χ1v) is 8.59. The summed E-state index contributed by atoms with van der Waals surface area (Å²) in [4.78, 5) is 22.5. The van der Waals surface area contributed by atoms with Crippen molar-refractivity contribution in [2.45, 2.75) is 12.6 Å². The lowest BCUT2D eigenvalue weighted by molar-refractivity contribution is -0.134. The van der Waals surface area contributed by atoms with Crippen molar-refractivity contribution in [3.8, 4) is 5.75 Å². The van der Waals surface area contributed by atoms with Gasteiger partial charge in [0.1, 0.15) is 5.75 Å². The Morgan fingerprint density at radius 2 is 1.75 bits per heavy atom. The van der Waals surface area contributed by atoms with Crippen molar-refractivity contribution in [3.05, 3.63) is 77.5 Å². The van der Waals surface area contributed by atoms with Crippen LogP contribution in [0.1, 0.15) is 22.7 Å². The standard InChI is InChI=1S/C17H16N2O.C4H4O4/c1-20-13-7-5-11(6-8-13)17-14-10-18-15-4-2-3-12(9-19-17)16(14)15;5-3(6)1-2-4(7)8/h2-8,10,17-19H,9H2,1H3;1-2H,(H,5,6)(H,7,8)/b;2-1-. The predicted molar refractivity (Wildman–Crippen MR) is 104 cm³/mol. The van der Waals surface area contributed by atoms with Crippen LogP contribution in [0.15, 0.2) is 60.8 Å². The topological polar surface area (TPSA) is 112 Å². The molecule has 1 aliphatic rings. The summed E-state index contributed by atoms with van der Waals surface area (Å²) in [5, 5.41) is 20.6. The number of carbonyl (C=O) groups is 2. The zero-order valence-electron chi connectivity index (χ0n) is 15.2. The fourth-order valence-electron chi connectivity index (χ4n) is 3.22. The molecule has 4 rings (SSSR count). The van der Waals surface area contributed by atoms with Crippen molar-refractivity contribution in [3.63, 3.8) is 0 Å². The minimum atomic E-state index is -1.26. The largest absolute Gasteiger partial charge is 0.497 e. The predicted octanol–water partition coefficient (Wildman–Crippen LogP) is 3.08. The summed E-state index contributed by atoms with van der Waals surface area (Å²) < 4.78 is 5.23. The third-order valence-electron chi connectivity index (χ3n) is 4.45. The van der Waals surface area contributed by atoms with Crippen LogP contribution >= 0.6 is 0 Å². The highest BCUT2D eigenvalue weighted by molar-refractivity contribution is 5.89. The molecule has 0 saturated carbocycles. The number of aliphatic carboxylic acids is 2. The maximum atomic E-state index is 9.55. The zero-order chi connectivity index (χ0) is 20.1. The molecule has 0 aliphatic carbocycles. The van der Waals surface area contributed by atoms with Gasteiger partial charge in [0, 0.05) is 35.8 Å². The van der Waals surface area contributed by atoms with Crippen LogP contribution in [0.5, 0.6) is 5.75 Å². The lowest BCUT2D eigenvalue weighted by atomic mass is 9.92. The average Bonchev–Trinajstić information content (AvgIpc) is 3.13. The van der Waals surface area contributed by atoms with Crippen molar-refractivity contribution in [1.82, 2.24) is 10.3 Å². The van der Waals surface area contributed by atoms with Gasteiger partial charge in [0.25, 0.3) is 0 Å². The van der Waals surface area contributed by atoms with Crippen molar-refractivity contribution in [1.29, 1.82) is 0 Å². The molecule has 4 N–H and O–H groups in total. The van der Waals surface area contributed by atoms with E-state index in [4.69, 9.17) is 14.9 Å². The van der Waals surface area contributed by atoms with Crippen LogP contribution in [-0.2, 0) is 16.1 Å². The first kappa shape index (κ1) is 19.2. The van der Waals surface area contributed by atoms with Crippen LogP contribution in [0.4, 0.5) is 0 Å². The number of benzene rings is 2. The fourth-order valence-corrected chi connectivity index (χ4v) is 3.22. The van der Waals surface area contributed by atoms with Crippen molar-refractivity contribution >= 4 is 22.8 Å². The Hall–Kier alpha value is -3.58. The third-order valence-corrected chi connectivity index (χ3v) is 4.45. The summed E-state index contributed by atoms with van der Waals surface area (Å²) in [6.45, 7) is 0.902. The number of carboxylic acids is 2. The molecule has 144 valence electrons. The van der Waals surface area contributed by atoms with Crippen molar-refractivity contribution in [2.24, 2.45) is 0 Å². The second-order valence-electron chi connectivity index (χ2n) is 6.18. The third kappa shape index (κ3) is 4.21. The van der Waals surface area contributed by atoms with E-state index in [0.717, 1.165) is 12.3 Å². The Labute approximate surface area is 161 Å². The van der Waals surface area contributed by atoms with Gasteiger partial charge in [-0.3, -0.25) is 0 Å². The second-order valence-corrected chi connectivity index (χ2v) is 6.18. The first-order chi connectivity index (χ1) is 13.5. The molecule has 7 heteroatoms. The van der Waals surface area contributed by atoms with Crippen molar-refractivity contribution < 1.29 is 24.5 Å². The maximum absolute atomic E-state index is 9.55. The van der Waals surface area contributed by atoms with Crippen LogP contribution in [0, 0.1) is 0 Å². The van der Waals surface area contributed by atoms with E-state index < -0.39 is 11.9 Å². The Kier molecular flexibility index (Phi) is 5.76. The molecule has 0 amide bonds. The number of ether oxygens (including phenoxy) is 1. The number of carboxylic acid groups (broad SMARTS) is 2. The van der Waals surface area contributed by atoms with Gasteiger partial charge in [-0.25, -0.2) is 9.59 Å². The lowest BCUT2D eigenvalue weighted by Crippen LogP contribution is -2.25. The Bertz CT molecular complexity index is 1000. The molecule has 0 radical (unpaired) electrons. The minimum absolute atomic E-state index is 0.240. The number of hydrogen-bond donors (Lipinski definition) is 4. The summed E-state index contributed by atoms with van der Waals surface area (Å²) in [6, 6.07) is 15.0. The molecule has 2 heterocycles. The van der Waals surface area contributed by atoms with Crippen LogP contribution in [0.3, 0.4) is 0 Å². The quantitative estimate of drug-likeness (QED) is 0.518. The Morgan fingerprint density at radius 1 is 1.07 bits per heavy atom. The highest BCUT2D eigenvalue weighted by Crippen LogP contribution is 2.35. The smallest absolute Gasteiger partial charge is 0.328 e. The highest BCUT2D eigenvalue weighted by Gasteiger charge is 2.23. The van der Waals surface area contributed by atoms with E-state index in [-0.39, 0.29) is 6.04 Å². The van der Waals surface area contributed by atoms with E-state index in [1.807, 2.05) is 12.1 Å². The Morgan fingerprint density at radius 3 is 2.36 bits per heavy atom. The van der Waals surface area contributed by atoms with E-state index in [9.17, 15) is 9.59 Å². The minimum Gasteiger partial charge on any atom is -0.497 e. The van der Waals surface area contributed by atoms with E-state index >= 15 is 0 Å². The molecule has 7 nitrogen and oxygen atoms in total. The molecule has 2 aromatic carbocycles. The molecule has 0 spiro atoms. The molecule has 0 bridgehead atoms. The number of aromatic nitrogens is 1. The van der Waals surface area contributed by atoms with Gasteiger partial charge < -0.3 is 25.3 Å². The first-order valence-electron chi connectivity index (χ1n) is 8.59. The van der Waals surface area contributed by atoms with Gasteiger partial charge >= 0.3 is 11.9 Å². The second kappa shape index (κ2) is 8.41. The number of rotatable bonds is 4. The van der Waals surface area contributed by atoms with Crippen LogP contribution in [-0.4, -0.2) is 34.2 Å². The molecule has 1 aromatic heterocycles. The van der Waals surface area contributed by atoms with E-state index in [0.29, 0.717) is 12.2 Å². The van der Waals surface area contributed by atoms with Gasteiger partial charge in [0.05, 0.1) is 13.2 Å². The summed E-state index contributed by atoms with van der Waals surface area (Å²) in [5.74, 6) is -1.62. The van der Waals surface area contributed by atoms with Crippen molar-refractivity contribution in [2.75, 3.05) is 7.11 Å². The molecule has 0 saturated heterocycles. The molecule has 1 aliphatic heterocycles. The van der Waals surface area contributed by atoms with Gasteiger partial charge in [-0.1, -0.05) is 24.3 Å². The molecule has 28 heavy (non-hydrogen) atoms. The van der Waals surface area contributed by atoms with E-state index in [1.54, 1.807) is 7.11 Å². The molecular formula is C21H20N2O5. The lowest BCUT2D eigenvalue weighted by Gasteiger charge is -2.24. The van der Waals surface area contributed by atoms with Crippen LogP contribution in [0.2, 0.25) is 0 Å². The van der Waals surface area contributed by atoms with Gasteiger partial charge in [-0.2, -0.15) is 0 Å². The Balaban J connectivity index is 0.000000242. The summed E-state index contributed by atoms with van der Waals surface area (Å²) in [6.07, 6.45) is 3.24. The van der Waals surface area contributed by atoms with Gasteiger partial charge in [0.15, 0.2) is 0 Å². The summed E-state index contributed by atoms with van der Waals surface area (Å²) in [7, 11) is 1.69. The number of aromatic amines is 1. The highest BCUT2D eigenvalue weighted by atomic mass is 16.5. The molecule has 3 aromatic rings. The number of methoxy groups -OCH3 is 1. The van der Waals surface area contributed by atoms with Crippen LogP contribution in [0.25, 0.3) is 10.9 Å². The summed E-state index contributed by atoms with van der Waals surface area (Å²) in [5.41, 5.74) is 5.18. The van der Waals surface area contributed by atoms with Gasteiger partial charge in [-0.15, -0.1) is 0 Å². The number of nitrogens with one attached hydrogen (secondary N) is 2. The number of H-pyrrole nitrogens is 1. The maximum Gasteiger partial charge on any atom is 0.328 e. The SMILES string of the molecule is COc1ccc(C2NCc3cccc4[nH]cc2c34)cc1.O=C(O)/C=C\C(=O)O. The van der Waals surface area contributed by atoms with E-state index in [2.05, 4.69) is 46.8 Å². The molecule has 0 fully saturated rings. The zero-order valence-corrected chi connectivity index (χ0v) is 15.2. The molecule has 1 atom stereocenters. The average molecular weight is 380 g/mol. The van der Waals surface area contributed by atoms with Crippen LogP contribution < -0.4 is 10.1 Å². The number of hydrogen-bond acceptors (Lipinski definition) is 4. The van der Waals surface area contributed by atoms with Gasteiger partial charge in [-0.05, 0) is 34.9 Å². The monoisotopic (exact) mass is 380 g/mol. The normalized spacial score (nSPS) is 15.1. The fraction of sp³-hybridized carbons (Fsp3) is 0.143.